The number of carbonyl (C=O) groups is 2. The van der Waals surface area contributed by atoms with Crippen LogP contribution < -0.4 is 10.1 Å². The van der Waals surface area contributed by atoms with E-state index in [1.165, 1.54) is 45.1 Å². The quantitative estimate of drug-likeness (QED) is 0.254. The summed E-state index contributed by atoms with van der Waals surface area (Å²) in [6.07, 6.45) is 11.5. The fourth-order valence-electron chi connectivity index (χ4n) is 10.0. The number of pyridine rings is 1. The third-order valence-corrected chi connectivity index (χ3v) is 12.5. The van der Waals surface area contributed by atoms with Crippen LogP contribution in [0.2, 0.25) is 5.02 Å². The first-order chi connectivity index (χ1) is 20.0. The van der Waals surface area contributed by atoms with Gasteiger partial charge < -0.3 is 25.0 Å². The Bertz CT molecular complexity index is 1150. The van der Waals surface area contributed by atoms with Gasteiger partial charge >= 0.3 is 5.97 Å². The Balaban J connectivity index is 1.18. The number of amides is 1. The molecule has 0 spiro atoms. The van der Waals surface area contributed by atoms with E-state index in [-0.39, 0.29) is 46.1 Å². The highest BCUT2D eigenvalue weighted by Crippen LogP contribution is 2.69. The molecule has 9 heteroatoms. The van der Waals surface area contributed by atoms with E-state index in [0.29, 0.717) is 42.1 Å². The Morgan fingerprint density at radius 2 is 1.83 bits per heavy atom. The first kappa shape index (κ1) is 31.5. The Morgan fingerprint density at radius 3 is 2.55 bits per heavy atom. The molecule has 4 saturated carbocycles. The second-order valence-corrected chi connectivity index (χ2v) is 14.4. The van der Waals surface area contributed by atoms with Crippen molar-refractivity contribution in [2.24, 2.45) is 46.3 Å². The molecule has 4 fully saturated rings. The number of nitrogens with zero attached hydrogens (tertiary/aromatic N) is 1. The first-order valence-corrected chi connectivity index (χ1v) is 16.4. The standard InChI is InChI=1S/C33H49ClN2O6/c1-5-22-25-16-21(37)10-12-33(25,3)24-11-13-32(2)20(8-9-23(32)28(24)29(22)39)7-6-14-42-31-26(34)15-19(17-36-31)30(40)35-18-27(38)41-4/h15,17,20-25,28-29,37,39H,5-14,16,18H2,1-4H3,(H,35,40)/t20-,21+,22+,23-,24-,25-,28-,29+,32+,33+/m0/s1. The van der Waals surface area contributed by atoms with Crippen molar-refractivity contribution in [1.29, 1.82) is 0 Å². The van der Waals surface area contributed by atoms with Crippen molar-refractivity contribution in [3.63, 3.8) is 0 Å². The van der Waals surface area contributed by atoms with Crippen molar-refractivity contribution < 1.29 is 29.3 Å². The summed E-state index contributed by atoms with van der Waals surface area (Å²) in [4.78, 5) is 27.7. The van der Waals surface area contributed by atoms with Gasteiger partial charge in [-0.15, -0.1) is 0 Å². The molecule has 0 saturated heterocycles. The lowest BCUT2D eigenvalue weighted by Gasteiger charge is -2.64. The third kappa shape index (κ3) is 5.68. The Morgan fingerprint density at radius 1 is 1.10 bits per heavy atom. The summed E-state index contributed by atoms with van der Waals surface area (Å²) in [6.45, 7) is 7.47. The van der Waals surface area contributed by atoms with Gasteiger partial charge in [-0.25, -0.2) is 4.98 Å². The van der Waals surface area contributed by atoms with Crippen LogP contribution in [0.3, 0.4) is 0 Å². The normalized spacial score (nSPS) is 39.0. The number of nitrogens with one attached hydrogen (secondary N) is 1. The topological polar surface area (TPSA) is 118 Å². The maximum Gasteiger partial charge on any atom is 0.325 e. The van der Waals surface area contributed by atoms with Gasteiger partial charge in [0.05, 0.1) is 31.5 Å². The average molecular weight is 605 g/mol. The highest BCUT2D eigenvalue weighted by molar-refractivity contribution is 6.32. The van der Waals surface area contributed by atoms with Gasteiger partial charge in [-0.05, 0) is 110 Å². The summed E-state index contributed by atoms with van der Waals surface area (Å²) in [7, 11) is 1.26. The lowest BCUT2D eigenvalue weighted by Crippen LogP contribution is -2.62. The van der Waals surface area contributed by atoms with Crippen LogP contribution >= 0.6 is 11.6 Å². The van der Waals surface area contributed by atoms with E-state index in [0.717, 1.165) is 38.5 Å². The minimum atomic E-state index is -0.536. The Kier molecular flexibility index (Phi) is 9.46. The molecule has 10 atom stereocenters. The maximum absolute atomic E-state index is 12.2. The summed E-state index contributed by atoms with van der Waals surface area (Å²) in [6, 6.07) is 1.49. The van der Waals surface area contributed by atoms with Crippen LogP contribution in [0.15, 0.2) is 12.3 Å². The van der Waals surface area contributed by atoms with E-state index in [9.17, 15) is 19.8 Å². The van der Waals surface area contributed by atoms with Gasteiger partial charge in [-0.3, -0.25) is 9.59 Å². The van der Waals surface area contributed by atoms with Crippen molar-refractivity contribution in [2.45, 2.75) is 97.2 Å². The summed E-state index contributed by atoms with van der Waals surface area (Å²) in [5.41, 5.74) is 0.699. The van der Waals surface area contributed by atoms with Crippen molar-refractivity contribution in [3.8, 4) is 5.88 Å². The van der Waals surface area contributed by atoms with Crippen LogP contribution in [-0.4, -0.2) is 59.5 Å². The molecule has 0 bridgehead atoms. The monoisotopic (exact) mass is 604 g/mol. The molecule has 0 radical (unpaired) electrons. The number of rotatable bonds is 9. The fraction of sp³-hybridized carbons (Fsp3) is 0.788. The lowest BCUT2D eigenvalue weighted by atomic mass is 9.41. The molecule has 0 aliphatic heterocycles. The number of ether oxygens (including phenoxy) is 2. The molecule has 1 heterocycles. The fourth-order valence-corrected chi connectivity index (χ4v) is 10.2. The first-order valence-electron chi connectivity index (χ1n) is 16.0. The Hall–Kier alpha value is -1.90. The number of aliphatic hydroxyl groups is 2. The number of aliphatic hydroxyl groups excluding tert-OH is 2. The zero-order valence-corrected chi connectivity index (χ0v) is 26.4. The number of halogens is 1. The molecule has 4 aliphatic carbocycles. The van der Waals surface area contributed by atoms with Gasteiger partial charge in [0, 0.05) is 6.20 Å². The molecule has 0 aromatic carbocycles. The summed E-state index contributed by atoms with van der Waals surface area (Å²) in [5.74, 6) is 2.06. The van der Waals surface area contributed by atoms with Crippen LogP contribution in [0.5, 0.6) is 5.88 Å². The predicted molar refractivity (Wildman–Crippen MR) is 160 cm³/mol. The van der Waals surface area contributed by atoms with Gasteiger partial charge in [0.15, 0.2) is 0 Å². The van der Waals surface area contributed by atoms with E-state index in [1.54, 1.807) is 0 Å². The summed E-state index contributed by atoms with van der Waals surface area (Å²) < 4.78 is 10.5. The summed E-state index contributed by atoms with van der Waals surface area (Å²) in [5, 5.41) is 25.1. The van der Waals surface area contributed by atoms with Gasteiger partial charge in [-0.1, -0.05) is 38.8 Å². The van der Waals surface area contributed by atoms with Crippen molar-refractivity contribution in [1.82, 2.24) is 10.3 Å². The largest absolute Gasteiger partial charge is 0.477 e. The lowest BCUT2D eigenvalue weighted by molar-refractivity contribution is -0.202. The van der Waals surface area contributed by atoms with E-state index in [2.05, 4.69) is 35.8 Å². The average Bonchev–Trinajstić information content (AvgIpc) is 3.31. The van der Waals surface area contributed by atoms with Crippen LogP contribution in [0.25, 0.3) is 0 Å². The number of aromatic nitrogens is 1. The second-order valence-electron chi connectivity index (χ2n) is 14.0. The molecule has 8 nitrogen and oxygen atoms in total. The minimum absolute atomic E-state index is 0.214. The van der Waals surface area contributed by atoms with Gasteiger partial charge in [0.1, 0.15) is 11.6 Å². The molecule has 1 aromatic rings. The van der Waals surface area contributed by atoms with Gasteiger partial charge in [0.2, 0.25) is 5.88 Å². The molecular formula is C33H49ClN2O6. The molecule has 234 valence electrons. The molecule has 42 heavy (non-hydrogen) atoms. The highest BCUT2D eigenvalue weighted by Gasteiger charge is 2.64. The number of fused-ring (bicyclic) bond motifs is 5. The molecular weight excluding hydrogens is 556 g/mol. The molecule has 1 amide bonds. The number of methoxy groups -OCH3 is 1. The predicted octanol–water partition coefficient (Wildman–Crippen LogP) is 5.42. The minimum Gasteiger partial charge on any atom is -0.477 e. The van der Waals surface area contributed by atoms with Crippen molar-refractivity contribution in [2.75, 3.05) is 20.3 Å². The molecule has 0 unspecified atom stereocenters. The SMILES string of the molecule is CC[C@H]1[C@@H](O)[C@@H]2[C@H](CC[C@]3(C)[C@@H](CCCOc4ncc(C(=O)NCC(=O)OC)cc4Cl)CC[C@@H]23)[C@@]2(C)CC[C@@H](O)C[C@@H]12. The zero-order chi connectivity index (χ0) is 30.2. The highest BCUT2D eigenvalue weighted by atomic mass is 35.5. The number of hydrogen-bond donors (Lipinski definition) is 3. The van der Waals surface area contributed by atoms with Gasteiger partial charge in [0.25, 0.3) is 5.91 Å². The van der Waals surface area contributed by atoms with Crippen LogP contribution in [0.4, 0.5) is 0 Å². The number of esters is 1. The van der Waals surface area contributed by atoms with E-state index >= 15 is 0 Å². The van der Waals surface area contributed by atoms with Gasteiger partial charge in [-0.2, -0.15) is 0 Å². The Labute approximate surface area is 255 Å². The van der Waals surface area contributed by atoms with E-state index in [4.69, 9.17) is 16.3 Å². The van der Waals surface area contributed by atoms with Crippen molar-refractivity contribution >= 4 is 23.5 Å². The van der Waals surface area contributed by atoms with E-state index < -0.39 is 11.9 Å². The second kappa shape index (κ2) is 12.6. The zero-order valence-electron chi connectivity index (χ0n) is 25.6. The maximum atomic E-state index is 12.2. The molecule has 4 aliphatic rings. The van der Waals surface area contributed by atoms with Crippen LogP contribution in [-0.2, 0) is 9.53 Å². The van der Waals surface area contributed by atoms with Crippen LogP contribution in [0.1, 0.15) is 95.3 Å². The molecule has 1 aromatic heterocycles. The number of carbonyl (C=O) groups excluding carboxylic acids is 2. The van der Waals surface area contributed by atoms with Crippen molar-refractivity contribution in [3.05, 3.63) is 22.8 Å². The smallest absolute Gasteiger partial charge is 0.325 e. The van der Waals surface area contributed by atoms with Crippen LogP contribution in [0, 0.1) is 46.3 Å². The number of hydrogen-bond acceptors (Lipinski definition) is 7. The third-order valence-electron chi connectivity index (χ3n) is 12.2. The van der Waals surface area contributed by atoms with E-state index in [1.807, 2.05) is 0 Å². The summed E-state index contributed by atoms with van der Waals surface area (Å²) >= 11 is 6.36. The molecule has 3 N–H and O–H groups in total. The molecule has 5 rings (SSSR count).